The molecule has 2 atom stereocenters. The molecule has 0 aromatic carbocycles. The molecule has 17 heavy (non-hydrogen) atoms. The summed E-state index contributed by atoms with van der Waals surface area (Å²) >= 11 is 1.82. The quantitative estimate of drug-likeness (QED) is 0.842. The van der Waals surface area contributed by atoms with Gasteiger partial charge in [-0.25, -0.2) is 0 Å². The van der Waals surface area contributed by atoms with Crippen LogP contribution >= 0.6 is 11.3 Å². The Kier molecular flexibility index (Phi) is 5.17. The fourth-order valence-corrected chi connectivity index (χ4v) is 3.26. The maximum atomic E-state index is 6.01. The monoisotopic (exact) mass is 254 g/mol. The number of likely N-dealkylation sites (N-methyl/N-ethyl adjacent to an activating group) is 1. The van der Waals surface area contributed by atoms with Crippen molar-refractivity contribution in [1.82, 2.24) is 4.90 Å². The van der Waals surface area contributed by atoms with Gasteiger partial charge in [-0.05, 0) is 44.7 Å². The van der Waals surface area contributed by atoms with Crippen molar-refractivity contribution in [3.8, 4) is 0 Å². The standard InChI is InChI=1S/C14H26N2S/c1-11(2)9-14(4,10-15)16(5)12(3)13-7-6-8-17-13/h6-8,11-12H,9-10,15H2,1-5H3. The first-order chi connectivity index (χ1) is 7.90. The van der Waals surface area contributed by atoms with Crippen LogP contribution in [0.2, 0.25) is 0 Å². The number of hydrogen-bond donors (Lipinski definition) is 1. The van der Waals surface area contributed by atoms with E-state index in [0.717, 1.165) is 6.42 Å². The molecule has 1 aromatic rings. The Labute approximate surface area is 110 Å². The van der Waals surface area contributed by atoms with Gasteiger partial charge in [0.2, 0.25) is 0 Å². The normalized spacial score (nSPS) is 17.4. The van der Waals surface area contributed by atoms with Gasteiger partial charge in [0.25, 0.3) is 0 Å². The van der Waals surface area contributed by atoms with Crippen LogP contribution in [0, 0.1) is 5.92 Å². The lowest BCUT2D eigenvalue weighted by atomic mass is 9.88. The summed E-state index contributed by atoms with van der Waals surface area (Å²) in [6, 6.07) is 4.76. The first-order valence-corrected chi connectivity index (χ1v) is 7.25. The lowest BCUT2D eigenvalue weighted by molar-refractivity contribution is 0.0815. The van der Waals surface area contributed by atoms with Crippen molar-refractivity contribution in [1.29, 1.82) is 0 Å². The Balaban J connectivity index is 2.81. The number of nitrogens with two attached hydrogens (primary N) is 1. The SMILES string of the molecule is CC(C)CC(C)(CN)N(C)C(C)c1cccs1. The zero-order chi connectivity index (χ0) is 13.1. The summed E-state index contributed by atoms with van der Waals surface area (Å²) in [4.78, 5) is 3.84. The van der Waals surface area contributed by atoms with Gasteiger partial charge in [-0.1, -0.05) is 19.9 Å². The highest BCUT2D eigenvalue weighted by Gasteiger charge is 2.32. The molecule has 1 heterocycles. The molecule has 0 amide bonds. The van der Waals surface area contributed by atoms with E-state index in [1.807, 2.05) is 11.3 Å². The highest BCUT2D eigenvalue weighted by molar-refractivity contribution is 7.10. The second kappa shape index (κ2) is 5.98. The Bertz CT molecular complexity index is 321. The van der Waals surface area contributed by atoms with E-state index in [9.17, 15) is 0 Å². The van der Waals surface area contributed by atoms with Crippen LogP contribution in [0.5, 0.6) is 0 Å². The van der Waals surface area contributed by atoms with Gasteiger partial charge in [0.1, 0.15) is 0 Å². The average molecular weight is 254 g/mol. The summed E-state index contributed by atoms with van der Waals surface area (Å²) in [6.07, 6.45) is 1.13. The summed E-state index contributed by atoms with van der Waals surface area (Å²) < 4.78 is 0. The van der Waals surface area contributed by atoms with Crippen LogP contribution in [0.4, 0.5) is 0 Å². The number of nitrogens with zero attached hydrogens (tertiary/aromatic N) is 1. The zero-order valence-electron chi connectivity index (χ0n) is 11.7. The minimum Gasteiger partial charge on any atom is -0.329 e. The molecule has 0 bridgehead atoms. The molecule has 0 aliphatic rings. The van der Waals surface area contributed by atoms with Crippen LogP contribution in [-0.2, 0) is 0 Å². The van der Waals surface area contributed by atoms with Crippen LogP contribution in [0.1, 0.15) is 45.0 Å². The van der Waals surface area contributed by atoms with Gasteiger partial charge in [0.15, 0.2) is 0 Å². The topological polar surface area (TPSA) is 29.3 Å². The Morgan fingerprint density at radius 1 is 1.41 bits per heavy atom. The molecule has 2 unspecified atom stereocenters. The minimum absolute atomic E-state index is 0.0809. The summed E-state index contributed by atoms with van der Waals surface area (Å²) in [5.74, 6) is 0.668. The van der Waals surface area contributed by atoms with Crippen molar-refractivity contribution >= 4 is 11.3 Å². The molecule has 0 radical (unpaired) electrons. The zero-order valence-corrected chi connectivity index (χ0v) is 12.6. The maximum Gasteiger partial charge on any atom is 0.0416 e. The van der Waals surface area contributed by atoms with E-state index in [1.165, 1.54) is 4.88 Å². The van der Waals surface area contributed by atoms with Crippen molar-refractivity contribution < 1.29 is 0 Å². The van der Waals surface area contributed by atoms with Gasteiger partial charge in [-0.3, -0.25) is 4.90 Å². The van der Waals surface area contributed by atoms with Gasteiger partial charge in [0, 0.05) is 23.0 Å². The Morgan fingerprint density at radius 2 is 2.06 bits per heavy atom. The summed E-state index contributed by atoms with van der Waals surface area (Å²) in [5.41, 5.74) is 6.09. The van der Waals surface area contributed by atoms with E-state index in [2.05, 4.69) is 57.2 Å². The van der Waals surface area contributed by atoms with Crippen molar-refractivity contribution in [3.05, 3.63) is 22.4 Å². The van der Waals surface area contributed by atoms with E-state index < -0.39 is 0 Å². The van der Waals surface area contributed by atoms with E-state index in [4.69, 9.17) is 5.73 Å². The molecule has 0 saturated carbocycles. The molecular weight excluding hydrogens is 228 g/mol. The molecule has 2 N–H and O–H groups in total. The van der Waals surface area contributed by atoms with E-state index in [0.29, 0.717) is 18.5 Å². The molecule has 98 valence electrons. The van der Waals surface area contributed by atoms with Gasteiger partial charge in [-0.2, -0.15) is 0 Å². The van der Waals surface area contributed by atoms with Crippen molar-refractivity contribution in [3.63, 3.8) is 0 Å². The van der Waals surface area contributed by atoms with E-state index >= 15 is 0 Å². The van der Waals surface area contributed by atoms with Crippen molar-refractivity contribution in [2.75, 3.05) is 13.6 Å². The summed E-state index contributed by atoms with van der Waals surface area (Å²) in [7, 11) is 2.19. The predicted octanol–water partition coefficient (Wildman–Crippen LogP) is 3.50. The predicted molar refractivity (Wildman–Crippen MR) is 77.4 cm³/mol. The molecular formula is C14H26N2S. The second-order valence-corrected chi connectivity index (χ2v) is 6.58. The highest BCUT2D eigenvalue weighted by Crippen LogP contribution is 2.32. The van der Waals surface area contributed by atoms with Crippen molar-refractivity contribution in [2.24, 2.45) is 11.7 Å². The lowest BCUT2D eigenvalue weighted by Gasteiger charge is -2.42. The molecule has 0 aliphatic carbocycles. The maximum absolute atomic E-state index is 6.01. The molecule has 1 aromatic heterocycles. The third-order valence-electron chi connectivity index (χ3n) is 3.68. The largest absolute Gasteiger partial charge is 0.329 e. The van der Waals surface area contributed by atoms with Crippen LogP contribution in [0.15, 0.2) is 17.5 Å². The van der Waals surface area contributed by atoms with Crippen LogP contribution in [-0.4, -0.2) is 24.0 Å². The lowest BCUT2D eigenvalue weighted by Crippen LogP contribution is -2.51. The molecule has 1 rings (SSSR count). The van der Waals surface area contributed by atoms with E-state index in [1.54, 1.807) is 0 Å². The Morgan fingerprint density at radius 3 is 2.47 bits per heavy atom. The molecule has 0 aliphatic heterocycles. The third-order valence-corrected chi connectivity index (χ3v) is 4.72. The smallest absolute Gasteiger partial charge is 0.0416 e. The second-order valence-electron chi connectivity index (χ2n) is 5.60. The number of rotatable bonds is 6. The average Bonchev–Trinajstić information content (AvgIpc) is 2.79. The molecule has 0 spiro atoms. The number of hydrogen-bond acceptors (Lipinski definition) is 3. The fourth-order valence-electron chi connectivity index (χ4n) is 2.44. The first kappa shape index (κ1) is 14.7. The van der Waals surface area contributed by atoms with Crippen LogP contribution < -0.4 is 5.73 Å². The number of thiophene rings is 1. The summed E-state index contributed by atoms with van der Waals surface area (Å²) in [6.45, 7) is 9.77. The summed E-state index contributed by atoms with van der Waals surface area (Å²) in [5, 5.41) is 2.14. The van der Waals surface area contributed by atoms with E-state index in [-0.39, 0.29) is 5.54 Å². The van der Waals surface area contributed by atoms with Gasteiger partial charge >= 0.3 is 0 Å². The van der Waals surface area contributed by atoms with Gasteiger partial charge in [-0.15, -0.1) is 11.3 Å². The molecule has 3 heteroatoms. The Hall–Kier alpha value is -0.380. The molecule has 0 saturated heterocycles. The third kappa shape index (κ3) is 3.54. The van der Waals surface area contributed by atoms with Crippen LogP contribution in [0.3, 0.4) is 0 Å². The van der Waals surface area contributed by atoms with Gasteiger partial charge in [0.05, 0.1) is 0 Å². The van der Waals surface area contributed by atoms with Crippen LogP contribution in [0.25, 0.3) is 0 Å². The first-order valence-electron chi connectivity index (χ1n) is 6.37. The van der Waals surface area contributed by atoms with Crippen molar-refractivity contribution in [2.45, 2.75) is 45.7 Å². The fraction of sp³-hybridized carbons (Fsp3) is 0.714. The minimum atomic E-state index is 0.0809. The molecule has 0 fully saturated rings. The van der Waals surface area contributed by atoms with Gasteiger partial charge < -0.3 is 5.73 Å². The highest BCUT2D eigenvalue weighted by atomic mass is 32.1. The molecule has 2 nitrogen and oxygen atoms in total.